The number of methoxy groups -OCH3 is 1. The lowest BCUT2D eigenvalue weighted by Crippen LogP contribution is -2.62. The molecule has 130 valence electrons. The number of rotatable bonds is 3. The third-order valence-corrected chi connectivity index (χ3v) is 4.40. The molecule has 2 rings (SSSR count). The summed E-state index contributed by atoms with van der Waals surface area (Å²) in [6, 6.07) is 0. The van der Waals surface area contributed by atoms with Gasteiger partial charge in [0, 0.05) is 7.11 Å². The van der Waals surface area contributed by atoms with Crippen molar-refractivity contribution in [3.8, 4) is 0 Å². The predicted molar refractivity (Wildman–Crippen MR) is 74.0 cm³/mol. The predicted octanol–water partition coefficient (Wildman–Crippen LogP) is -1.62. The lowest BCUT2D eigenvalue weighted by molar-refractivity contribution is -0.335. The lowest BCUT2D eigenvalue weighted by Gasteiger charge is -2.45. The van der Waals surface area contributed by atoms with E-state index in [-0.39, 0.29) is 0 Å². The molecule has 0 aromatic heterocycles. The molecule has 22 heavy (non-hydrogen) atoms. The number of aliphatic hydroxyl groups is 4. The number of aliphatic hydroxyl groups excluding tert-OH is 4. The molecule has 10 atom stereocenters. The molecule has 2 aliphatic heterocycles. The molecular weight excluding hydrogens is 296 g/mol. The molecule has 2 aliphatic rings. The average Bonchev–Trinajstić information content (AvgIpc) is 2.47. The summed E-state index contributed by atoms with van der Waals surface area (Å²) in [5, 5.41) is 40.2. The maximum atomic E-state index is 10.2. The topological polar surface area (TPSA) is 118 Å². The molecule has 8 heteroatoms. The van der Waals surface area contributed by atoms with E-state index in [1.165, 1.54) is 7.11 Å². The van der Waals surface area contributed by atoms with Gasteiger partial charge in [-0.3, -0.25) is 0 Å². The molecule has 2 saturated heterocycles. The van der Waals surface area contributed by atoms with E-state index < -0.39 is 61.2 Å². The quantitative estimate of drug-likeness (QED) is 0.490. The summed E-state index contributed by atoms with van der Waals surface area (Å²) >= 11 is 0. The second-order valence-electron chi connectivity index (χ2n) is 6.02. The van der Waals surface area contributed by atoms with Crippen molar-refractivity contribution in [1.82, 2.24) is 0 Å². The molecule has 2 fully saturated rings. The van der Waals surface area contributed by atoms with Gasteiger partial charge in [-0.05, 0) is 20.8 Å². The fourth-order valence-corrected chi connectivity index (χ4v) is 2.98. The molecule has 6 unspecified atom stereocenters. The van der Waals surface area contributed by atoms with Crippen LogP contribution in [-0.4, -0.2) is 88.8 Å². The minimum absolute atomic E-state index is 0.493. The van der Waals surface area contributed by atoms with Crippen LogP contribution in [0.2, 0.25) is 0 Å². The van der Waals surface area contributed by atoms with Crippen molar-refractivity contribution in [1.29, 1.82) is 0 Å². The molecule has 2 heterocycles. The zero-order chi connectivity index (χ0) is 16.6. The first-order valence-corrected chi connectivity index (χ1v) is 7.49. The monoisotopic (exact) mass is 322 g/mol. The van der Waals surface area contributed by atoms with Crippen molar-refractivity contribution in [2.45, 2.75) is 82.0 Å². The molecule has 0 aromatic rings. The highest BCUT2D eigenvalue weighted by atomic mass is 16.7. The first-order valence-electron chi connectivity index (χ1n) is 7.49. The standard InChI is InChI=1S/C14H26O8/c1-5-8(15)10(17)12(7(3)20-5)22-14-11(18)13(19-4)9(16)6(2)21-14/h5-18H,1-4H3/t5?,6?,7?,8-,9-,10-,11?,12?,13?,14+/m0/s1. The number of hydrogen-bond acceptors (Lipinski definition) is 8. The Morgan fingerprint density at radius 2 is 1.27 bits per heavy atom. The van der Waals surface area contributed by atoms with Crippen molar-refractivity contribution >= 4 is 0 Å². The van der Waals surface area contributed by atoms with Crippen molar-refractivity contribution in [3.05, 3.63) is 0 Å². The van der Waals surface area contributed by atoms with Crippen LogP contribution in [0.3, 0.4) is 0 Å². The Bertz CT molecular complexity index is 367. The minimum atomic E-state index is -1.23. The van der Waals surface area contributed by atoms with Crippen LogP contribution in [0.4, 0.5) is 0 Å². The van der Waals surface area contributed by atoms with Gasteiger partial charge in [-0.15, -0.1) is 0 Å². The Morgan fingerprint density at radius 3 is 1.86 bits per heavy atom. The van der Waals surface area contributed by atoms with Crippen molar-refractivity contribution in [2.75, 3.05) is 7.11 Å². The van der Waals surface area contributed by atoms with Crippen LogP contribution in [0.5, 0.6) is 0 Å². The van der Waals surface area contributed by atoms with Crippen LogP contribution in [0.15, 0.2) is 0 Å². The molecule has 0 bridgehead atoms. The highest BCUT2D eigenvalue weighted by molar-refractivity contribution is 4.93. The Kier molecular flexibility index (Phi) is 5.79. The van der Waals surface area contributed by atoms with Gasteiger partial charge in [0.1, 0.15) is 36.6 Å². The van der Waals surface area contributed by atoms with Crippen LogP contribution in [0, 0.1) is 0 Å². The van der Waals surface area contributed by atoms with E-state index in [9.17, 15) is 20.4 Å². The van der Waals surface area contributed by atoms with Crippen LogP contribution >= 0.6 is 0 Å². The second kappa shape index (κ2) is 7.06. The van der Waals surface area contributed by atoms with E-state index in [0.717, 1.165) is 0 Å². The van der Waals surface area contributed by atoms with Crippen LogP contribution in [-0.2, 0) is 18.9 Å². The molecule has 0 amide bonds. The summed E-state index contributed by atoms with van der Waals surface area (Å²) in [6.07, 6.45) is -8.94. The smallest absolute Gasteiger partial charge is 0.187 e. The Balaban J connectivity index is 2.08. The molecule has 0 aromatic carbocycles. The molecule has 0 spiro atoms. The van der Waals surface area contributed by atoms with Crippen molar-refractivity contribution in [2.24, 2.45) is 0 Å². The lowest BCUT2D eigenvalue weighted by atomic mass is 9.95. The van der Waals surface area contributed by atoms with E-state index >= 15 is 0 Å². The normalized spacial score (nSPS) is 53.5. The fourth-order valence-electron chi connectivity index (χ4n) is 2.98. The third-order valence-electron chi connectivity index (χ3n) is 4.40. The van der Waals surface area contributed by atoms with Crippen molar-refractivity contribution < 1.29 is 39.4 Å². The first kappa shape index (κ1) is 18.0. The van der Waals surface area contributed by atoms with Crippen LogP contribution in [0.25, 0.3) is 0 Å². The summed E-state index contributed by atoms with van der Waals surface area (Å²) in [5.74, 6) is 0. The average molecular weight is 322 g/mol. The van der Waals surface area contributed by atoms with Gasteiger partial charge in [0.25, 0.3) is 0 Å². The van der Waals surface area contributed by atoms with Gasteiger partial charge in [-0.1, -0.05) is 0 Å². The Hall–Kier alpha value is -0.320. The molecule has 0 aliphatic carbocycles. The second-order valence-corrected chi connectivity index (χ2v) is 6.02. The van der Waals surface area contributed by atoms with Gasteiger partial charge in [-0.25, -0.2) is 0 Å². The van der Waals surface area contributed by atoms with Gasteiger partial charge in [0.2, 0.25) is 0 Å². The van der Waals surface area contributed by atoms with Gasteiger partial charge in [-0.2, -0.15) is 0 Å². The summed E-state index contributed by atoms with van der Waals surface area (Å²) in [6.45, 7) is 5.00. The molecule has 0 radical (unpaired) electrons. The highest BCUT2D eigenvalue weighted by Gasteiger charge is 2.48. The zero-order valence-corrected chi connectivity index (χ0v) is 13.2. The summed E-state index contributed by atoms with van der Waals surface area (Å²) < 4.78 is 21.7. The van der Waals surface area contributed by atoms with E-state index in [2.05, 4.69) is 0 Å². The minimum Gasteiger partial charge on any atom is -0.388 e. The maximum Gasteiger partial charge on any atom is 0.187 e. The van der Waals surface area contributed by atoms with E-state index in [0.29, 0.717) is 0 Å². The SMILES string of the molecule is COC1C(O)[C@@H](OC2C(C)OC(C)[C@H](O)[C@@H]2O)OC(C)[C@@H]1O. The van der Waals surface area contributed by atoms with Gasteiger partial charge in [0.15, 0.2) is 6.29 Å². The van der Waals surface area contributed by atoms with Gasteiger partial charge in [0.05, 0.1) is 18.3 Å². The Morgan fingerprint density at radius 1 is 0.682 bits per heavy atom. The van der Waals surface area contributed by atoms with Crippen LogP contribution in [0.1, 0.15) is 20.8 Å². The summed E-state index contributed by atoms with van der Waals surface area (Å²) in [7, 11) is 1.37. The van der Waals surface area contributed by atoms with E-state index in [4.69, 9.17) is 18.9 Å². The molecule has 4 N–H and O–H groups in total. The maximum absolute atomic E-state index is 10.2. The number of ether oxygens (including phenoxy) is 4. The van der Waals surface area contributed by atoms with E-state index in [1.54, 1.807) is 20.8 Å². The zero-order valence-electron chi connectivity index (χ0n) is 13.2. The van der Waals surface area contributed by atoms with Gasteiger partial charge < -0.3 is 39.4 Å². The molecule has 0 saturated carbocycles. The summed E-state index contributed by atoms with van der Waals surface area (Å²) in [5.41, 5.74) is 0. The largest absolute Gasteiger partial charge is 0.388 e. The van der Waals surface area contributed by atoms with Crippen LogP contribution < -0.4 is 0 Å². The van der Waals surface area contributed by atoms with Crippen molar-refractivity contribution in [3.63, 3.8) is 0 Å². The highest BCUT2D eigenvalue weighted by Crippen LogP contribution is 2.29. The third kappa shape index (κ3) is 3.29. The summed E-state index contributed by atoms with van der Waals surface area (Å²) in [4.78, 5) is 0. The first-order chi connectivity index (χ1) is 10.3. The van der Waals surface area contributed by atoms with Gasteiger partial charge >= 0.3 is 0 Å². The van der Waals surface area contributed by atoms with E-state index in [1.807, 2.05) is 0 Å². The number of hydrogen-bond donors (Lipinski definition) is 4. The molecule has 8 nitrogen and oxygen atoms in total. The Labute approximate surface area is 129 Å². The fraction of sp³-hybridized carbons (Fsp3) is 1.00. The molecular formula is C14H26O8.